The number of carbonyl (C=O) groups excluding carboxylic acids is 2. The van der Waals surface area contributed by atoms with E-state index in [0.29, 0.717) is 17.9 Å². The Morgan fingerprint density at radius 2 is 2.06 bits per heavy atom. The lowest BCUT2D eigenvalue weighted by Gasteiger charge is -2.06. The smallest absolute Gasteiger partial charge is 0.272 e. The largest absolute Gasteiger partial charge is 0.395 e. The number of amides is 2. The van der Waals surface area contributed by atoms with Gasteiger partial charge in [-0.2, -0.15) is 5.10 Å². The number of likely N-dealkylation sites (N-methyl/N-ethyl adjacent to an activating group) is 1. The van der Waals surface area contributed by atoms with Gasteiger partial charge in [0.15, 0.2) is 0 Å². The van der Waals surface area contributed by atoms with Crippen LogP contribution in [-0.2, 0) is 11.8 Å². The van der Waals surface area contributed by atoms with Crippen LogP contribution in [0.25, 0.3) is 0 Å². The molecule has 1 aromatic heterocycles. The van der Waals surface area contributed by atoms with E-state index in [1.807, 2.05) is 6.92 Å². The fraction of sp³-hybridized carbons (Fsp3) is 0.500. The van der Waals surface area contributed by atoms with Crippen LogP contribution in [0.3, 0.4) is 0 Å². The van der Waals surface area contributed by atoms with Gasteiger partial charge in [0, 0.05) is 13.6 Å². The second-order valence-corrected chi connectivity index (χ2v) is 3.61. The van der Waals surface area contributed by atoms with Crippen LogP contribution < -0.4 is 16.4 Å². The first-order valence-corrected chi connectivity index (χ1v) is 5.31. The van der Waals surface area contributed by atoms with Crippen LogP contribution in [0.1, 0.15) is 23.1 Å². The van der Waals surface area contributed by atoms with Crippen LogP contribution >= 0.6 is 0 Å². The predicted molar refractivity (Wildman–Crippen MR) is 63.4 cm³/mol. The highest BCUT2D eigenvalue weighted by atomic mass is 16.2. The molecule has 7 nitrogen and oxygen atoms in total. The molecule has 0 atom stereocenters. The van der Waals surface area contributed by atoms with Crippen molar-refractivity contribution in [3.05, 3.63) is 11.4 Å². The van der Waals surface area contributed by atoms with Crippen LogP contribution in [0.4, 0.5) is 5.69 Å². The number of nitrogens with one attached hydrogen (secondary N) is 2. The van der Waals surface area contributed by atoms with Gasteiger partial charge in [-0.3, -0.25) is 14.3 Å². The maximum Gasteiger partial charge on any atom is 0.272 e. The van der Waals surface area contributed by atoms with Gasteiger partial charge in [0.05, 0.1) is 17.9 Å². The number of aromatic nitrogens is 2. The van der Waals surface area contributed by atoms with Crippen LogP contribution in [0.2, 0.25) is 0 Å². The molecule has 0 unspecified atom stereocenters. The summed E-state index contributed by atoms with van der Waals surface area (Å²) in [6.45, 7) is 3.98. The maximum atomic E-state index is 11.8. The minimum Gasteiger partial charge on any atom is -0.395 e. The molecule has 0 aliphatic heterocycles. The van der Waals surface area contributed by atoms with E-state index in [2.05, 4.69) is 15.7 Å². The molecular weight excluding hydrogens is 222 g/mol. The average Bonchev–Trinajstić information content (AvgIpc) is 2.50. The molecule has 0 spiro atoms. The van der Waals surface area contributed by atoms with E-state index in [1.54, 1.807) is 14.0 Å². The Morgan fingerprint density at radius 1 is 1.41 bits per heavy atom. The van der Waals surface area contributed by atoms with Gasteiger partial charge in [-0.05, 0) is 13.8 Å². The molecule has 0 aliphatic rings. The number of aryl methyl sites for hydroxylation is 2. The lowest BCUT2D eigenvalue weighted by atomic mass is 10.3. The molecule has 4 N–H and O–H groups in total. The molecule has 2 amide bonds. The van der Waals surface area contributed by atoms with E-state index < -0.39 is 5.91 Å². The second kappa shape index (κ2) is 5.33. The van der Waals surface area contributed by atoms with Crippen molar-refractivity contribution in [2.75, 3.05) is 18.8 Å². The highest BCUT2D eigenvalue weighted by Gasteiger charge is 2.18. The molecule has 7 heteroatoms. The summed E-state index contributed by atoms with van der Waals surface area (Å²) in [5.41, 5.74) is 6.92. The number of hydrogen-bond donors (Lipinski definition) is 3. The lowest BCUT2D eigenvalue weighted by Crippen LogP contribution is -2.37. The Balaban J connectivity index is 2.67. The predicted octanol–water partition coefficient (Wildman–Crippen LogP) is -0.823. The SMILES string of the molecule is CCNC(=O)CNC(=O)c1c(N)c(C)nn1C. The van der Waals surface area contributed by atoms with E-state index in [-0.39, 0.29) is 18.1 Å². The summed E-state index contributed by atoms with van der Waals surface area (Å²) in [4.78, 5) is 23.0. The fourth-order valence-electron chi connectivity index (χ4n) is 1.45. The number of nitrogen functional groups attached to an aromatic ring is 1. The average molecular weight is 239 g/mol. The molecule has 1 heterocycles. The van der Waals surface area contributed by atoms with Gasteiger partial charge in [-0.15, -0.1) is 0 Å². The zero-order valence-corrected chi connectivity index (χ0v) is 10.2. The topological polar surface area (TPSA) is 102 Å². The van der Waals surface area contributed by atoms with Gasteiger partial charge in [0.2, 0.25) is 5.91 Å². The summed E-state index contributed by atoms with van der Waals surface area (Å²) in [7, 11) is 1.63. The van der Waals surface area contributed by atoms with Crippen molar-refractivity contribution in [2.24, 2.45) is 7.05 Å². The molecular formula is C10H17N5O2. The molecule has 0 bridgehead atoms. The molecule has 0 fully saturated rings. The third-order valence-electron chi connectivity index (χ3n) is 2.27. The standard InChI is InChI=1S/C10H17N5O2/c1-4-12-7(16)5-13-10(17)9-8(11)6(2)14-15(9)3/h4-5,11H2,1-3H3,(H,12,16)(H,13,17). The summed E-state index contributed by atoms with van der Waals surface area (Å²) in [5, 5.41) is 9.09. The Labute approximate surface area is 99.4 Å². The molecule has 0 aromatic carbocycles. The van der Waals surface area contributed by atoms with Gasteiger partial charge in [0.1, 0.15) is 5.69 Å². The number of hydrogen-bond acceptors (Lipinski definition) is 4. The number of nitrogens with zero attached hydrogens (tertiary/aromatic N) is 2. The van der Waals surface area contributed by atoms with Gasteiger partial charge < -0.3 is 16.4 Å². The molecule has 0 saturated heterocycles. The Bertz CT molecular complexity index is 438. The molecule has 1 rings (SSSR count). The van der Waals surface area contributed by atoms with Crippen LogP contribution in [0.5, 0.6) is 0 Å². The highest BCUT2D eigenvalue weighted by Crippen LogP contribution is 2.14. The van der Waals surface area contributed by atoms with Crippen LogP contribution in [0.15, 0.2) is 0 Å². The maximum absolute atomic E-state index is 11.8. The van der Waals surface area contributed by atoms with E-state index in [4.69, 9.17) is 5.73 Å². The van der Waals surface area contributed by atoms with Crippen LogP contribution in [0, 0.1) is 6.92 Å². The number of rotatable bonds is 4. The zero-order chi connectivity index (χ0) is 13.0. The van der Waals surface area contributed by atoms with E-state index in [1.165, 1.54) is 4.68 Å². The Hall–Kier alpha value is -2.05. The third-order valence-corrected chi connectivity index (χ3v) is 2.27. The summed E-state index contributed by atoms with van der Waals surface area (Å²) in [5.74, 6) is -0.643. The lowest BCUT2D eigenvalue weighted by molar-refractivity contribution is -0.120. The molecule has 0 radical (unpaired) electrons. The van der Waals surface area contributed by atoms with Crippen molar-refractivity contribution >= 4 is 17.5 Å². The first-order chi connectivity index (χ1) is 7.97. The van der Waals surface area contributed by atoms with Crippen LogP contribution in [-0.4, -0.2) is 34.7 Å². The summed E-state index contributed by atoms with van der Waals surface area (Å²) in [6.07, 6.45) is 0. The number of carbonyl (C=O) groups is 2. The van der Waals surface area contributed by atoms with Crippen molar-refractivity contribution < 1.29 is 9.59 Å². The van der Waals surface area contributed by atoms with Crippen molar-refractivity contribution in [3.63, 3.8) is 0 Å². The number of nitrogens with two attached hydrogens (primary N) is 1. The minimum absolute atomic E-state index is 0.0731. The molecule has 0 aliphatic carbocycles. The zero-order valence-electron chi connectivity index (χ0n) is 10.2. The van der Waals surface area contributed by atoms with Gasteiger partial charge in [-0.1, -0.05) is 0 Å². The van der Waals surface area contributed by atoms with Crippen molar-refractivity contribution in [3.8, 4) is 0 Å². The fourth-order valence-corrected chi connectivity index (χ4v) is 1.45. The summed E-state index contributed by atoms with van der Waals surface area (Å²) < 4.78 is 1.40. The molecule has 1 aromatic rings. The van der Waals surface area contributed by atoms with Gasteiger partial charge in [0.25, 0.3) is 5.91 Å². The molecule has 0 saturated carbocycles. The van der Waals surface area contributed by atoms with Gasteiger partial charge >= 0.3 is 0 Å². The van der Waals surface area contributed by atoms with Gasteiger partial charge in [-0.25, -0.2) is 0 Å². The number of anilines is 1. The monoisotopic (exact) mass is 239 g/mol. The quantitative estimate of drug-likeness (QED) is 0.638. The summed E-state index contributed by atoms with van der Waals surface area (Å²) in [6, 6.07) is 0. The minimum atomic E-state index is -0.406. The van der Waals surface area contributed by atoms with Crippen molar-refractivity contribution in [2.45, 2.75) is 13.8 Å². The molecule has 94 valence electrons. The normalized spacial score (nSPS) is 10.1. The molecule has 17 heavy (non-hydrogen) atoms. The third kappa shape index (κ3) is 2.96. The van der Waals surface area contributed by atoms with E-state index in [9.17, 15) is 9.59 Å². The first kappa shape index (κ1) is 13.0. The Kier molecular flexibility index (Phi) is 4.08. The van der Waals surface area contributed by atoms with E-state index in [0.717, 1.165) is 0 Å². The summed E-state index contributed by atoms with van der Waals surface area (Å²) >= 11 is 0. The highest BCUT2D eigenvalue weighted by molar-refractivity contribution is 5.99. The van der Waals surface area contributed by atoms with Crippen molar-refractivity contribution in [1.82, 2.24) is 20.4 Å². The first-order valence-electron chi connectivity index (χ1n) is 5.31. The Morgan fingerprint density at radius 3 is 2.53 bits per heavy atom. The second-order valence-electron chi connectivity index (χ2n) is 3.61. The van der Waals surface area contributed by atoms with Crippen molar-refractivity contribution in [1.29, 1.82) is 0 Å². The van der Waals surface area contributed by atoms with E-state index >= 15 is 0 Å².